The highest BCUT2D eigenvalue weighted by Crippen LogP contribution is 2.44. The Morgan fingerprint density at radius 1 is 0.625 bits per heavy atom. The summed E-state index contributed by atoms with van der Waals surface area (Å²) in [5, 5.41) is 12.7. The van der Waals surface area contributed by atoms with E-state index < -0.39 is 17.8 Å². The zero-order valence-corrected chi connectivity index (χ0v) is 24.3. The average Bonchev–Trinajstić information content (AvgIpc) is 3.46. The molecule has 0 radical (unpaired) electrons. The Balaban J connectivity index is 1.61. The van der Waals surface area contributed by atoms with E-state index in [9.17, 15) is 9.59 Å². The Hall–Kier alpha value is -4.06. The number of benzene rings is 3. The van der Waals surface area contributed by atoms with Gasteiger partial charge in [0.25, 0.3) is 11.8 Å². The summed E-state index contributed by atoms with van der Waals surface area (Å²) in [6, 6.07) is 24.1. The molecule has 0 saturated heterocycles. The van der Waals surface area contributed by atoms with Crippen molar-refractivity contribution in [2.75, 3.05) is 10.0 Å². The summed E-state index contributed by atoms with van der Waals surface area (Å²) in [4.78, 5) is 28.5. The highest BCUT2D eigenvalue weighted by Gasteiger charge is 2.51. The van der Waals surface area contributed by atoms with E-state index >= 15 is 0 Å². The third kappa shape index (κ3) is 4.99. The molecule has 2 aliphatic rings. The van der Waals surface area contributed by atoms with E-state index in [-0.39, 0.29) is 11.8 Å². The topological polar surface area (TPSA) is 65.3 Å². The van der Waals surface area contributed by atoms with E-state index in [1.54, 1.807) is 0 Å². The Labute approximate surface area is 237 Å². The quantitative estimate of drug-likeness (QED) is 0.303. The van der Waals surface area contributed by atoms with Gasteiger partial charge in [0, 0.05) is 5.92 Å². The van der Waals surface area contributed by atoms with Crippen molar-refractivity contribution in [1.82, 2.24) is 0 Å². The van der Waals surface area contributed by atoms with Crippen molar-refractivity contribution in [3.8, 4) is 0 Å². The van der Waals surface area contributed by atoms with Crippen LogP contribution in [0.3, 0.4) is 0 Å². The summed E-state index contributed by atoms with van der Waals surface area (Å²) in [6.07, 6.45) is 1.22. The van der Waals surface area contributed by atoms with Gasteiger partial charge in [0.15, 0.2) is 0 Å². The number of hydrogen-bond acceptors (Lipinski definition) is 4. The first kappa shape index (κ1) is 27.5. The molecule has 0 saturated carbocycles. The smallest absolute Gasteiger partial charge is 0.256 e. The molecule has 3 aromatic carbocycles. The molecule has 0 aliphatic carbocycles. The maximum absolute atomic E-state index is 14.2. The number of aryl methyl sites for hydroxylation is 2. The Kier molecular flexibility index (Phi) is 7.70. The lowest BCUT2D eigenvalue weighted by Gasteiger charge is -2.29. The fourth-order valence-corrected chi connectivity index (χ4v) is 5.75. The molecule has 6 heteroatoms. The molecule has 3 aromatic rings. The minimum absolute atomic E-state index is 0.101. The maximum atomic E-state index is 14.2. The number of hydrogen-bond donors (Lipinski definition) is 0. The third-order valence-corrected chi connectivity index (χ3v) is 8.11. The van der Waals surface area contributed by atoms with Crippen LogP contribution in [-0.4, -0.2) is 23.2 Å². The molecule has 5 rings (SSSR count). The molecule has 40 heavy (non-hydrogen) atoms. The predicted octanol–water partition coefficient (Wildman–Crippen LogP) is 7.37. The fourth-order valence-electron chi connectivity index (χ4n) is 5.75. The van der Waals surface area contributed by atoms with E-state index in [0.29, 0.717) is 18.8 Å². The van der Waals surface area contributed by atoms with Crippen molar-refractivity contribution < 1.29 is 9.59 Å². The molecule has 2 aliphatic heterocycles. The lowest BCUT2D eigenvalue weighted by Crippen LogP contribution is -2.40. The molecular formula is C34H38N4O2. The van der Waals surface area contributed by atoms with Crippen LogP contribution in [0.15, 0.2) is 83.0 Å². The molecule has 2 unspecified atom stereocenters. The highest BCUT2D eigenvalue weighted by atomic mass is 16.2. The van der Waals surface area contributed by atoms with Gasteiger partial charge in [-0.3, -0.25) is 9.59 Å². The molecule has 0 spiro atoms. The van der Waals surface area contributed by atoms with Crippen LogP contribution in [0.25, 0.3) is 0 Å². The zero-order chi connectivity index (χ0) is 28.6. The molecule has 0 fully saturated rings. The Morgan fingerprint density at radius 2 is 1.00 bits per heavy atom. The highest BCUT2D eigenvalue weighted by molar-refractivity contribution is 6.20. The van der Waals surface area contributed by atoms with Gasteiger partial charge >= 0.3 is 0 Å². The molecular weight excluding hydrogens is 496 g/mol. The first-order chi connectivity index (χ1) is 19.2. The second kappa shape index (κ2) is 11.2. The van der Waals surface area contributed by atoms with Gasteiger partial charge in [-0.15, -0.1) is 0 Å². The zero-order valence-electron chi connectivity index (χ0n) is 24.3. The minimum Gasteiger partial charge on any atom is -0.272 e. The molecule has 206 valence electrons. The first-order valence-corrected chi connectivity index (χ1v) is 14.3. The number of nitrogens with zero attached hydrogens (tertiary/aromatic N) is 4. The number of carbonyl (C=O) groups excluding carboxylic acids is 2. The molecule has 2 atom stereocenters. The second-order valence-electron chi connectivity index (χ2n) is 11.2. The van der Waals surface area contributed by atoms with E-state index in [4.69, 9.17) is 10.2 Å². The SMILES string of the molecule is CCC1=NN(c2ccc(C)cc2)C(=O)C1C(c1ccc(C(C)C)cc1)C1C(=O)N(c2ccc(C)cc2)N=C1CC. The van der Waals surface area contributed by atoms with Gasteiger partial charge < -0.3 is 0 Å². The maximum Gasteiger partial charge on any atom is 0.256 e. The molecule has 0 bridgehead atoms. The lowest BCUT2D eigenvalue weighted by atomic mass is 9.71. The number of hydrazone groups is 2. The second-order valence-corrected chi connectivity index (χ2v) is 11.2. The van der Waals surface area contributed by atoms with Gasteiger partial charge in [-0.25, -0.2) is 10.0 Å². The van der Waals surface area contributed by atoms with Crippen LogP contribution >= 0.6 is 0 Å². The van der Waals surface area contributed by atoms with Crippen LogP contribution in [-0.2, 0) is 9.59 Å². The van der Waals surface area contributed by atoms with E-state index in [0.717, 1.165) is 39.5 Å². The summed E-state index contributed by atoms with van der Waals surface area (Å²) in [7, 11) is 0. The standard InChI is InChI=1S/C34H38N4O2/c1-7-28-31(33(39)37(35-28)26-17-9-22(5)10-18-26)30(25-15-13-24(14-16-25)21(3)4)32-29(8-2)36-38(34(32)40)27-19-11-23(6)12-20-27/h9-21,30-32H,7-8H2,1-6H3. The summed E-state index contributed by atoms with van der Waals surface area (Å²) >= 11 is 0. The van der Waals surface area contributed by atoms with Gasteiger partial charge in [0.2, 0.25) is 0 Å². The summed E-state index contributed by atoms with van der Waals surface area (Å²) in [5.74, 6) is -1.39. The molecule has 6 nitrogen and oxygen atoms in total. The molecule has 2 heterocycles. The molecule has 0 aromatic heterocycles. The van der Waals surface area contributed by atoms with E-state index in [2.05, 4.69) is 38.1 Å². The van der Waals surface area contributed by atoms with Gasteiger partial charge in [0.05, 0.1) is 34.6 Å². The Morgan fingerprint density at radius 3 is 1.35 bits per heavy atom. The van der Waals surface area contributed by atoms with Crippen molar-refractivity contribution in [1.29, 1.82) is 0 Å². The van der Waals surface area contributed by atoms with Gasteiger partial charge in [-0.2, -0.15) is 10.2 Å². The van der Waals surface area contributed by atoms with Crippen LogP contribution in [0.1, 0.15) is 74.6 Å². The van der Waals surface area contributed by atoms with Crippen molar-refractivity contribution in [2.45, 2.75) is 66.2 Å². The summed E-state index contributed by atoms with van der Waals surface area (Å²) in [6.45, 7) is 12.4. The van der Waals surface area contributed by atoms with Crippen LogP contribution in [0.2, 0.25) is 0 Å². The summed E-state index contributed by atoms with van der Waals surface area (Å²) < 4.78 is 0. The normalized spacial score (nSPS) is 19.9. The largest absolute Gasteiger partial charge is 0.272 e. The van der Waals surface area contributed by atoms with Crippen molar-refractivity contribution >= 4 is 34.6 Å². The monoisotopic (exact) mass is 534 g/mol. The fraction of sp³-hybridized carbons (Fsp3) is 0.353. The minimum atomic E-state index is -0.570. The van der Waals surface area contributed by atoms with Crippen LogP contribution in [0, 0.1) is 25.7 Å². The average molecular weight is 535 g/mol. The van der Waals surface area contributed by atoms with Gasteiger partial charge in [-0.05, 0) is 68.0 Å². The molecule has 2 amide bonds. The van der Waals surface area contributed by atoms with Crippen molar-refractivity contribution in [3.05, 3.63) is 95.1 Å². The summed E-state index contributed by atoms with van der Waals surface area (Å²) in [5.41, 5.74) is 7.47. The van der Waals surface area contributed by atoms with Crippen molar-refractivity contribution in [2.24, 2.45) is 22.0 Å². The van der Waals surface area contributed by atoms with Crippen molar-refractivity contribution in [3.63, 3.8) is 0 Å². The van der Waals surface area contributed by atoms with Gasteiger partial charge in [0.1, 0.15) is 0 Å². The molecule has 0 N–H and O–H groups in total. The number of rotatable bonds is 8. The number of anilines is 2. The van der Waals surface area contributed by atoms with Crippen LogP contribution in [0.4, 0.5) is 11.4 Å². The van der Waals surface area contributed by atoms with Gasteiger partial charge in [-0.1, -0.05) is 87.4 Å². The van der Waals surface area contributed by atoms with Crippen LogP contribution in [0.5, 0.6) is 0 Å². The van der Waals surface area contributed by atoms with Crippen LogP contribution < -0.4 is 10.0 Å². The first-order valence-electron chi connectivity index (χ1n) is 14.3. The number of amides is 2. The Bertz CT molecular complexity index is 1370. The third-order valence-electron chi connectivity index (χ3n) is 8.11. The number of carbonyl (C=O) groups is 2. The lowest BCUT2D eigenvalue weighted by molar-refractivity contribution is -0.122. The van der Waals surface area contributed by atoms with E-state index in [1.165, 1.54) is 15.6 Å². The predicted molar refractivity (Wildman–Crippen MR) is 163 cm³/mol. The van der Waals surface area contributed by atoms with E-state index in [1.807, 2.05) is 76.2 Å².